The van der Waals surface area contributed by atoms with Gasteiger partial charge in [0.15, 0.2) is 0 Å². The van der Waals surface area contributed by atoms with Gasteiger partial charge in [0.1, 0.15) is 0 Å². The van der Waals surface area contributed by atoms with Crippen LogP contribution in [0.5, 0.6) is 0 Å². The lowest BCUT2D eigenvalue weighted by Crippen LogP contribution is -2.20. The first-order valence-electron chi connectivity index (χ1n) is 4.34. The van der Waals surface area contributed by atoms with Crippen LogP contribution in [0.25, 0.3) is 10.9 Å². The largest absolute Gasteiger partial charge is 0.361 e. The number of nitrogens with two attached hydrogens (primary N) is 2. The van der Waals surface area contributed by atoms with Crippen molar-refractivity contribution in [2.45, 2.75) is 6.04 Å². The van der Waals surface area contributed by atoms with Crippen LogP contribution in [-0.4, -0.2) is 11.5 Å². The van der Waals surface area contributed by atoms with Crippen LogP contribution in [0.4, 0.5) is 0 Å². The van der Waals surface area contributed by atoms with Crippen LogP contribution in [-0.2, 0) is 0 Å². The predicted molar refractivity (Wildman–Crippen MR) is 54.3 cm³/mol. The molecule has 0 spiro atoms. The Hall–Kier alpha value is -1.32. The number of rotatable bonds is 2. The van der Waals surface area contributed by atoms with Crippen LogP contribution in [0.15, 0.2) is 30.5 Å². The third-order valence-electron chi connectivity index (χ3n) is 2.26. The number of hydrogen-bond acceptors (Lipinski definition) is 2. The van der Waals surface area contributed by atoms with E-state index in [2.05, 4.69) is 11.1 Å². The van der Waals surface area contributed by atoms with Crippen molar-refractivity contribution in [2.75, 3.05) is 6.54 Å². The summed E-state index contributed by atoms with van der Waals surface area (Å²) in [6.07, 6.45) is 1.92. The van der Waals surface area contributed by atoms with Crippen molar-refractivity contribution in [3.05, 3.63) is 36.0 Å². The summed E-state index contributed by atoms with van der Waals surface area (Å²) >= 11 is 0. The molecule has 13 heavy (non-hydrogen) atoms. The molecule has 0 bridgehead atoms. The molecular formula is C10H13N3. The fourth-order valence-electron chi connectivity index (χ4n) is 1.43. The van der Waals surface area contributed by atoms with Crippen molar-refractivity contribution < 1.29 is 0 Å². The first-order chi connectivity index (χ1) is 6.31. The number of aromatic amines is 1. The number of H-pyrrole nitrogens is 1. The lowest BCUT2D eigenvalue weighted by atomic mass is 10.1. The van der Waals surface area contributed by atoms with Gasteiger partial charge in [0.2, 0.25) is 0 Å². The van der Waals surface area contributed by atoms with E-state index in [1.165, 1.54) is 5.39 Å². The van der Waals surface area contributed by atoms with Crippen molar-refractivity contribution in [1.29, 1.82) is 0 Å². The second kappa shape index (κ2) is 3.20. The van der Waals surface area contributed by atoms with E-state index in [1.54, 1.807) is 0 Å². The first kappa shape index (κ1) is 8.29. The van der Waals surface area contributed by atoms with Crippen molar-refractivity contribution in [1.82, 2.24) is 4.98 Å². The Kier molecular flexibility index (Phi) is 2.04. The standard InChI is InChI=1S/C10H13N3/c11-6-9(12)8-2-1-7-3-4-13-10(7)5-8/h1-5,9,13H,6,11-12H2/t9-/m0/s1. The minimum atomic E-state index is -0.0623. The lowest BCUT2D eigenvalue weighted by molar-refractivity contribution is 0.738. The molecule has 1 atom stereocenters. The molecule has 0 radical (unpaired) electrons. The van der Waals surface area contributed by atoms with Gasteiger partial charge in [-0.2, -0.15) is 0 Å². The third-order valence-corrected chi connectivity index (χ3v) is 2.26. The Balaban J connectivity index is 2.48. The van der Waals surface area contributed by atoms with Gasteiger partial charge in [0.05, 0.1) is 0 Å². The summed E-state index contributed by atoms with van der Waals surface area (Å²) in [5.74, 6) is 0. The summed E-state index contributed by atoms with van der Waals surface area (Å²) in [6.45, 7) is 0.478. The molecular weight excluding hydrogens is 162 g/mol. The summed E-state index contributed by atoms with van der Waals surface area (Å²) in [4.78, 5) is 3.14. The number of hydrogen-bond donors (Lipinski definition) is 3. The SMILES string of the molecule is NC[C@H](N)c1ccc2cc[nH]c2c1. The van der Waals surface area contributed by atoms with E-state index in [9.17, 15) is 0 Å². The molecule has 1 aromatic heterocycles. The molecule has 5 N–H and O–H groups in total. The van der Waals surface area contributed by atoms with Crippen LogP contribution >= 0.6 is 0 Å². The van der Waals surface area contributed by atoms with E-state index in [0.29, 0.717) is 6.54 Å². The van der Waals surface area contributed by atoms with E-state index >= 15 is 0 Å². The number of benzene rings is 1. The summed E-state index contributed by atoms with van der Waals surface area (Å²) in [6, 6.07) is 8.09. The smallest absolute Gasteiger partial charge is 0.0457 e. The highest BCUT2D eigenvalue weighted by atomic mass is 14.7. The quantitative estimate of drug-likeness (QED) is 0.640. The first-order valence-corrected chi connectivity index (χ1v) is 4.34. The molecule has 2 rings (SSSR count). The Morgan fingerprint density at radius 2 is 2.15 bits per heavy atom. The Bertz CT molecular complexity index is 405. The summed E-state index contributed by atoms with van der Waals surface area (Å²) < 4.78 is 0. The highest BCUT2D eigenvalue weighted by molar-refractivity contribution is 5.79. The van der Waals surface area contributed by atoms with Gasteiger partial charge in [0, 0.05) is 24.3 Å². The molecule has 3 heteroatoms. The highest BCUT2D eigenvalue weighted by Gasteiger charge is 2.03. The van der Waals surface area contributed by atoms with Gasteiger partial charge < -0.3 is 16.5 Å². The summed E-state index contributed by atoms with van der Waals surface area (Å²) in [7, 11) is 0. The minimum Gasteiger partial charge on any atom is -0.361 e. The number of aromatic nitrogens is 1. The Labute approximate surface area is 76.7 Å². The molecule has 0 unspecified atom stereocenters. The Morgan fingerprint density at radius 1 is 1.31 bits per heavy atom. The molecule has 2 aromatic rings. The molecule has 0 saturated heterocycles. The molecule has 0 amide bonds. The molecule has 68 valence electrons. The molecule has 0 aliphatic carbocycles. The van der Waals surface area contributed by atoms with Crippen molar-refractivity contribution in [3.63, 3.8) is 0 Å². The van der Waals surface area contributed by atoms with Crippen molar-refractivity contribution in [3.8, 4) is 0 Å². The number of nitrogens with one attached hydrogen (secondary N) is 1. The zero-order valence-corrected chi connectivity index (χ0v) is 7.33. The second-order valence-electron chi connectivity index (χ2n) is 3.17. The van der Waals surface area contributed by atoms with E-state index < -0.39 is 0 Å². The molecule has 0 saturated carbocycles. The van der Waals surface area contributed by atoms with Crippen LogP contribution in [0.3, 0.4) is 0 Å². The van der Waals surface area contributed by atoms with Gasteiger partial charge in [0.25, 0.3) is 0 Å². The summed E-state index contributed by atoms with van der Waals surface area (Å²) in [5.41, 5.74) is 13.5. The van der Waals surface area contributed by atoms with E-state index in [4.69, 9.17) is 11.5 Å². The minimum absolute atomic E-state index is 0.0623. The molecule has 1 heterocycles. The van der Waals surface area contributed by atoms with E-state index in [0.717, 1.165) is 11.1 Å². The maximum Gasteiger partial charge on any atom is 0.0457 e. The maximum atomic E-state index is 5.82. The average molecular weight is 175 g/mol. The summed E-state index contributed by atoms with van der Waals surface area (Å²) in [5, 5.41) is 1.20. The average Bonchev–Trinajstić information content (AvgIpc) is 2.63. The molecule has 3 nitrogen and oxygen atoms in total. The Morgan fingerprint density at radius 3 is 2.92 bits per heavy atom. The predicted octanol–water partition coefficient (Wildman–Crippen LogP) is 1.13. The molecule has 0 aliphatic rings. The highest BCUT2D eigenvalue weighted by Crippen LogP contribution is 2.17. The van der Waals surface area contributed by atoms with E-state index in [-0.39, 0.29) is 6.04 Å². The van der Waals surface area contributed by atoms with Crippen LogP contribution in [0.1, 0.15) is 11.6 Å². The van der Waals surface area contributed by atoms with Gasteiger partial charge >= 0.3 is 0 Å². The maximum absolute atomic E-state index is 5.82. The lowest BCUT2D eigenvalue weighted by Gasteiger charge is -2.08. The van der Waals surface area contributed by atoms with Crippen molar-refractivity contribution in [2.24, 2.45) is 11.5 Å². The van der Waals surface area contributed by atoms with Gasteiger partial charge in [-0.3, -0.25) is 0 Å². The van der Waals surface area contributed by atoms with Gasteiger partial charge in [-0.1, -0.05) is 12.1 Å². The van der Waals surface area contributed by atoms with Gasteiger partial charge in [-0.15, -0.1) is 0 Å². The van der Waals surface area contributed by atoms with Crippen LogP contribution in [0, 0.1) is 0 Å². The van der Waals surface area contributed by atoms with Crippen LogP contribution < -0.4 is 11.5 Å². The topological polar surface area (TPSA) is 67.8 Å². The zero-order valence-electron chi connectivity index (χ0n) is 7.33. The third kappa shape index (κ3) is 1.43. The van der Waals surface area contributed by atoms with Crippen LogP contribution in [0.2, 0.25) is 0 Å². The van der Waals surface area contributed by atoms with E-state index in [1.807, 2.05) is 24.4 Å². The molecule has 0 aliphatic heterocycles. The molecule has 1 aromatic carbocycles. The van der Waals surface area contributed by atoms with Gasteiger partial charge in [-0.25, -0.2) is 0 Å². The normalized spacial score (nSPS) is 13.4. The van der Waals surface area contributed by atoms with Gasteiger partial charge in [-0.05, 0) is 23.1 Å². The second-order valence-corrected chi connectivity index (χ2v) is 3.17. The fraction of sp³-hybridized carbons (Fsp3) is 0.200. The molecule has 0 fully saturated rings. The fourth-order valence-corrected chi connectivity index (χ4v) is 1.43. The zero-order chi connectivity index (χ0) is 9.26. The van der Waals surface area contributed by atoms with Crippen molar-refractivity contribution >= 4 is 10.9 Å². The number of fused-ring (bicyclic) bond motifs is 1. The monoisotopic (exact) mass is 175 g/mol.